The quantitative estimate of drug-likeness (QED) is 0.684. The van der Waals surface area contributed by atoms with Crippen molar-refractivity contribution in [1.29, 1.82) is 0 Å². The summed E-state index contributed by atoms with van der Waals surface area (Å²) < 4.78 is 5.10. The Bertz CT molecular complexity index is 654. The van der Waals surface area contributed by atoms with Gasteiger partial charge in [-0.15, -0.1) is 0 Å². The number of carbonyl (C=O) groups excluding carboxylic acids is 1. The van der Waals surface area contributed by atoms with Gasteiger partial charge in [0.1, 0.15) is 0 Å². The van der Waals surface area contributed by atoms with E-state index in [0.717, 1.165) is 16.7 Å². The first-order valence-corrected chi connectivity index (χ1v) is 7.95. The molecule has 0 saturated carbocycles. The van der Waals surface area contributed by atoms with Gasteiger partial charge in [0, 0.05) is 16.0 Å². The second kappa shape index (κ2) is 7.66. The van der Waals surface area contributed by atoms with Crippen LogP contribution in [0.1, 0.15) is 36.0 Å². The zero-order chi connectivity index (χ0) is 16.1. The Balaban J connectivity index is 2.45. The summed E-state index contributed by atoms with van der Waals surface area (Å²) in [6.45, 7) is 4.04. The van der Waals surface area contributed by atoms with Crippen LogP contribution >= 0.6 is 23.2 Å². The Labute approximate surface area is 141 Å². The lowest BCUT2D eigenvalue weighted by molar-refractivity contribution is -0.143. The van der Waals surface area contributed by atoms with E-state index >= 15 is 0 Å². The highest BCUT2D eigenvalue weighted by Crippen LogP contribution is 2.37. The van der Waals surface area contributed by atoms with Crippen molar-refractivity contribution in [2.75, 3.05) is 6.61 Å². The third-order valence-electron chi connectivity index (χ3n) is 3.60. The molecule has 0 spiro atoms. The van der Waals surface area contributed by atoms with Crippen LogP contribution in [-0.4, -0.2) is 12.6 Å². The molecule has 0 aliphatic rings. The molecule has 0 N–H and O–H groups in total. The summed E-state index contributed by atoms with van der Waals surface area (Å²) in [5, 5.41) is 1.22. The molecule has 0 saturated heterocycles. The second-order valence-electron chi connectivity index (χ2n) is 5.05. The van der Waals surface area contributed by atoms with Crippen LogP contribution in [0, 0.1) is 6.92 Å². The maximum absolute atomic E-state index is 12.0. The van der Waals surface area contributed by atoms with E-state index in [-0.39, 0.29) is 18.3 Å². The molecule has 22 heavy (non-hydrogen) atoms. The van der Waals surface area contributed by atoms with Gasteiger partial charge >= 0.3 is 5.97 Å². The van der Waals surface area contributed by atoms with Crippen LogP contribution < -0.4 is 0 Å². The van der Waals surface area contributed by atoms with Crippen LogP contribution in [0.2, 0.25) is 10.0 Å². The fourth-order valence-electron chi connectivity index (χ4n) is 2.43. The molecule has 0 aliphatic carbocycles. The molecule has 0 aromatic heterocycles. The van der Waals surface area contributed by atoms with Gasteiger partial charge in [0.25, 0.3) is 0 Å². The number of benzene rings is 2. The smallest absolute Gasteiger partial charge is 0.306 e. The van der Waals surface area contributed by atoms with Crippen molar-refractivity contribution in [3.05, 3.63) is 69.2 Å². The highest BCUT2D eigenvalue weighted by molar-refractivity contribution is 6.36. The summed E-state index contributed by atoms with van der Waals surface area (Å²) >= 11 is 12.6. The van der Waals surface area contributed by atoms with Crippen LogP contribution in [0.25, 0.3) is 0 Å². The molecule has 0 radical (unpaired) electrons. The number of esters is 1. The minimum atomic E-state index is -0.236. The predicted molar refractivity (Wildman–Crippen MR) is 90.7 cm³/mol. The van der Waals surface area contributed by atoms with Crippen molar-refractivity contribution in [3.63, 3.8) is 0 Å². The van der Waals surface area contributed by atoms with E-state index in [9.17, 15) is 4.79 Å². The molecule has 2 aromatic carbocycles. The van der Waals surface area contributed by atoms with Gasteiger partial charge in [-0.05, 0) is 36.6 Å². The van der Waals surface area contributed by atoms with Gasteiger partial charge in [-0.25, -0.2) is 0 Å². The Morgan fingerprint density at radius 2 is 1.82 bits per heavy atom. The van der Waals surface area contributed by atoms with Gasteiger partial charge in [0.05, 0.1) is 13.0 Å². The first kappa shape index (κ1) is 16.9. The Morgan fingerprint density at radius 3 is 2.45 bits per heavy atom. The van der Waals surface area contributed by atoms with E-state index in [1.54, 1.807) is 6.92 Å². The summed E-state index contributed by atoms with van der Waals surface area (Å²) in [5.74, 6) is -0.385. The minimum Gasteiger partial charge on any atom is -0.466 e. The topological polar surface area (TPSA) is 26.3 Å². The fraction of sp³-hybridized carbons (Fsp3) is 0.278. The van der Waals surface area contributed by atoms with Gasteiger partial charge in [-0.2, -0.15) is 0 Å². The molecule has 0 aliphatic heterocycles. The van der Waals surface area contributed by atoms with Gasteiger partial charge in [0.2, 0.25) is 0 Å². The molecule has 0 amide bonds. The third kappa shape index (κ3) is 3.82. The van der Waals surface area contributed by atoms with Crippen molar-refractivity contribution >= 4 is 29.2 Å². The maximum atomic E-state index is 12.0. The van der Waals surface area contributed by atoms with E-state index < -0.39 is 0 Å². The van der Waals surface area contributed by atoms with E-state index in [1.165, 1.54) is 0 Å². The number of carbonyl (C=O) groups is 1. The summed E-state index contributed by atoms with van der Waals surface area (Å²) in [6.07, 6.45) is 0.249. The highest BCUT2D eigenvalue weighted by atomic mass is 35.5. The van der Waals surface area contributed by atoms with Crippen LogP contribution in [0.3, 0.4) is 0 Å². The van der Waals surface area contributed by atoms with Crippen LogP contribution in [-0.2, 0) is 9.53 Å². The monoisotopic (exact) mass is 336 g/mol. The molecule has 2 aromatic rings. The molecule has 0 bridgehead atoms. The summed E-state index contributed by atoms with van der Waals surface area (Å²) in [5.41, 5.74) is 2.74. The average Bonchev–Trinajstić information content (AvgIpc) is 2.52. The lowest BCUT2D eigenvalue weighted by Crippen LogP contribution is -2.12. The standard InChI is InChI=1S/C18H18Cl2O2/c1-3-22-17(21)11-15(13-7-5-4-6-8-13)14-9-10-16(19)12(2)18(14)20/h4-10,15H,3,11H2,1-2H3. The summed E-state index contributed by atoms with van der Waals surface area (Å²) in [7, 11) is 0. The van der Waals surface area contributed by atoms with E-state index in [0.29, 0.717) is 16.7 Å². The van der Waals surface area contributed by atoms with Gasteiger partial charge in [-0.3, -0.25) is 4.79 Å². The van der Waals surface area contributed by atoms with Crippen molar-refractivity contribution in [2.24, 2.45) is 0 Å². The van der Waals surface area contributed by atoms with Crippen molar-refractivity contribution in [3.8, 4) is 0 Å². The van der Waals surface area contributed by atoms with Crippen molar-refractivity contribution in [2.45, 2.75) is 26.2 Å². The normalized spacial score (nSPS) is 12.0. The van der Waals surface area contributed by atoms with Gasteiger partial charge in [0.15, 0.2) is 0 Å². The lowest BCUT2D eigenvalue weighted by Gasteiger charge is -2.20. The fourth-order valence-corrected chi connectivity index (χ4v) is 2.93. The van der Waals surface area contributed by atoms with Crippen LogP contribution in [0.5, 0.6) is 0 Å². The number of hydrogen-bond acceptors (Lipinski definition) is 2. The van der Waals surface area contributed by atoms with E-state index in [1.807, 2.05) is 49.4 Å². The first-order valence-electron chi connectivity index (χ1n) is 7.19. The Morgan fingerprint density at radius 1 is 1.14 bits per heavy atom. The molecule has 1 atom stereocenters. The molecule has 0 fully saturated rings. The van der Waals surface area contributed by atoms with Crippen molar-refractivity contribution in [1.82, 2.24) is 0 Å². The average molecular weight is 337 g/mol. The maximum Gasteiger partial charge on any atom is 0.306 e. The lowest BCUT2D eigenvalue weighted by atomic mass is 9.87. The highest BCUT2D eigenvalue weighted by Gasteiger charge is 2.22. The van der Waals surface area contributed by atoms with E-state index in [4.69, 9.17) is 27.9 Å². The number of hydrogen-bond donors (Lipinski definition) is 0. The van der Waals surface area contributed by atoms with Crippen LogP contribution in [0.15, 0.2) is 42.5 Å². The van der Waals surface area contributed by atoms with Gasteiger partial charge < -0.3 is 4.74 Å². The SMILES string of the molecule is CCOC(=O)CC(c1ccccc1)c1ccc(Cl)c(C)c1Cl. The minimum absolute atomic E-state index is 0.149. The van der Waals surface area contributed by atoms with E-state index in [2.05, 4.69) is 0 Å². The number of ether oxygens (including phenoxy) is 1. The summed E-state index contributed by atoms with van der Waals surface area (Å²) in [4.78, 5) is 12.0. The molecule has 0 heterocycles. The largest absolute Gasteiger partial charge is 0.466 e. The molecule has 1 unspecified atom stereocenters. The Hall–Kier alpha value is -1.51. The molecule has 2 rings (SSSR count). The number of halogens is 2. The zero-order valence-corrected chi connectivity index (χ0v) is 14.1. The molecular formula is C18H18Cl2O2. The molecule has 4 heteroatoms. The first-order chi connectivity index (χ1) is 10.5. The van der Waals surface area contributed by atoms with Crippen LogP contribution in [0.4, 0.5) is 0 Å². The molecule has 2 nitrogen and oxygen atoms in total. The Kier molecular flexibility index (Phi) is 5.87. The van der Waals surface area contributed by atoms with Gasteiger partial charge in [-0.1, -0.05) is 59.6 Å². The second-order valence-corrected chi connectivity index (χ2v) is 5.83. The molecule has 116 valence electrons. The van der Waals surface area contributed by atoms with Crippen molar-refractivity contribution < 1.29 is 9.53 Å². The zero-order valence-electron chi connectivity index (χ0n) is 12.6. The predicted octanol–water partition coefficient (Wildman–Crippen LogP) is 5.39. The number of rotatable bonds is 5. The third-order valence-corrected chi connectivity index (χ3v) is 4.51. The molecular weight excluding hydrogens is 319 g/mol. The summed E-state index contributed by atoms with van der Waals surface area (Å²) in [6, 6.07) is 13.5.